The summed E-state index contributed by atoms with van der Waals surface area (Å²) in [6.07, 6.45) is 0. The lowest BCUT2D eigenvalue weighted by Gasteiger charge is -2.20. The van der Waals surface area contributed by atoms with Crippen LogP contribution in [-0.2, 0) is 14.4 Å². The van der Waals surface area contributed by atoms with Crippen LogP contribution in [0.15, 0.2) is 58.9 Å². The highest BCUT2D eigenvalue weighted by Crippen LogP contribution is 2.31. The van der Waals surface area contributed by atoms with E-state index in [0.717, 1.165) is 10.5 Å². The summed E-state index contributed by atoms with van der Waals surface area (Å²) in [6, 6.07) is 10.3. The molecule has 2 heterocycles. The van der Waals surface area contributed by atoms with E-state index in [9.17, 15) is 18.8 Å². The summed E-state index contributed by atoms with van der Waals surface area (Å²) in [7, 11) is 0. The van der Waals surface area contributed by atoms with Crippen LogP contribution >= 0.6 is 0 Å². The van der Waals surface area contributed by atoms with E-state index in [1.165, 1.54) is 29.3 Å². The highest BCUT2D eigenvalue weighted by Gasteiger charge is 2.55. The fraction of sp³-hybridized carbons (Fsp3) is 0.211. The van der Waals surface area contributed by atoms with Crippen LogP contribution < -0.4 is 10.2 Å². The van der Waals surface area contributed by atoms with Crippen molar-refractivity contribution < 1.29 is 18.8 Å². The molecule has 2 aromatic rings. The van der Waals surface area contributed by atoms with E-state index in [1.807, 2.05) is 19.1 Å². The van der Waals surface area contributed by atoms with Crippen molar-refractivity contribution in [1.29, 1.82) is 0 Å². The minimum absolute atomic E-state index is 0.227. The lowest BCUT2D eigenvalue weighted by molar-refractivity contribution is -0.123. The molecule has 2 aliphatic heterocycles. The molecule has 3 amide bonds. The minimum atomic E-state index is -1.01. The standard InChI is InChI=1S/C19H16FN5O3/c1-11-4-2-3-5-14(11)21-15(26)10-24-17-16(22-23-24)18(27)25(19(17)28)13-8-6-12(20)7-9-13/h2-9,16-17H,10H2,1H3,(H,21,26)/t16-,17-/m1/s1. The first-order valence-corrected chi connectivity index (χ1v) is 8.62. The molecule has 28 heavy (non-hydrogen) atoms. The molecule has 0 spiro atoms. The molecular weight excluding hydrogens is 365 g/mol. The van der Waals surface area contributed by atoms with Gasteiger partial charge in [0, 0.05) is 5.69 Å². The van der Waals surface area contributed by atoms with Crippen LogP contribution in [0.5, 0.6) is 0 Å². The molecule has 1 N–H and O–H groups in total. The van der Waals surface area contributed by atoms with Crippen molar-refractivity contribution >= 4 is 29.1 Å². The summed E-state index contributed by atoms with van der Waals surface area (Å²) in [5, 5.41) is 11.7. The quantitative estimate of drug-likeness (QED) is 0.821. The smallest absolute Gasteiger partial charge is 0.263 e. The molecule has 2 aliphatic rings. The van der Waals surface area contributed by atoms with E-state index in [-0.39, 0.29) is 18.1 Å². The second kappa shape index (κ2) is 6.84. The molecule has 0 radical (unpaired) electrons. The SMILES string of the molecule is Cc1ccccc1NC(=O)CN1N=N[C@H]2C(=O)N(c3ccc(F)cc3)C(=O)[C@@H]21. The van der Waals surface area contributed by atoms with Gasteiger partial charge in [-0.1, -0.05) is 23.4 Å². The lowest BCUT2D eigenvalue weighted by atomic mass is 10.1. The summed E-state index contributed by atoms with van der Waals surface area (Å²) in [5.41, 5.74) is 1.80. The fourth-order valence-corrected chi connectivity index (χ4v) is 3.25. The summed E-state index contributed by atoms with van der Waals surface area (Å²) in [4.78, 5) is 38.7. The van der Waals surface area contributed by atoms with Gasteiger partial charge in [0.15, 0.2) is 12.1 Å². The molecule has 0 unspecified atom stereocenters. The Morgan fingerprint density at radius 3 is 2.54 bits per heavy atom. The Morgan fingerprint density at radius 1 is 1.11 bits per heavy atom. The van der Waals surface area contributed by atoms with Crippen molar-refractivity contribution in [3.05, 3.63) is 59.9 Å². The van der Waals surface area contributed by atoms with Crippen LogP contribution in [0.2, 0.25) is 0 Å². The van der Waals surface area contributed by atoms with Crippen LogP contribution in [0, 0.1) is 12.7 Å². The van der Waals surface area contributed by atoms with Gasteiger partial charge in [0.2, 0.25) is 5.91 Å². The van der Waals surface area contributed by atoms with E-state index < -0.39 is 29.7 Å². The number of rotatable bonds is 4. The van der Waals surface area contributed by atoms with Gasteiger partial charge >= 0.3 is 0 Å². The van der Waals surface area contributed by atoms with Crippen LogP contribution in [0.4, 0.5) is 15.8 Å². The Kier molecular flexibility index (Phi) is 4.34. The Bertz CT molecular complexity index is 991. The summed E-state index contributed by atoms with van der Waals surface area (Å²) in [6.45, 7) is 1.64. The van der Waals surface area contributed by atoms with E-state index in [1.54, 1.807) is 12.1 Å². The average Bonchev–Trinajstić information content (AvgIpc) is 3.18. The Labute approximate surface area is 159 Å². The zero-order chi connectivity index (χ0) is 19.8. The first kappa shape index (κ1) is 17.8. The lowest BCUT2D eigenvalue weighted by Crippen LogP contribution is -2.43. The fourth-order valence-electron chi connectivity index (χ4n) is 3.25. The first-order valence-electron chi connectivity index (χ1n) is 8.62. The Morgan fingerprint density at radius 2 is 1.82 bits per heavy atom. The monoisotopic (exact) mass is 381 g/mol. The second-order valence-electron chi connectivity index (χ2n) is 6.54. The normalized spacial score (nSPS) is 20.6. The van der Waals surface area contributed by atoms with Gasteiger partial charge < -0.3 is 5.32 Å². The molecule has 0 aromatic heterocycles. The number of imide groups is 1. The third-order valence-electron chi connectivity index (χ3n) is 4.67. The molecule has 0 bridgehead atoms. The highest BCUT2D eigenvalue weighted by molar-refractivity contribution is 6.25. The number of hydrogen-bond acceptors (Lipinski definition) is 6. The molecule has 1 saturated heterocycles. The van der Waals surface area contributed by atoms with Gasteiger partial charge in [0.1, 0.15) is 12.4 Å². The molecule has 0 aliphatic carbocycles. The number of benzene rings is 2. The van der Waals surface area contributed by atoms with Crippen molar-refractivity contribution in [1.82, 2.24) is 5.01 Å². The number of hydrogen-bond donors (Lipinski definition) is 1. The van der Waals surface area contributed by atoms with Crippen LogP contribution in [-0.4, -0.2) is 41.4 Å². The third-order valence-corrected chi connectivity index (χ3v) is 4.67. The second-order valence-corrected chi connectivity index (χ2v) is 6.54. The number of halogens is 1. The number of fused-ring (bicyclic) bond motifs is 1. The van der Waals surface area contributed by atoms with Gasteiger partial charge in [-0.15, -0.1) is 0 Å². The zero-order valence-electron chi connectivity index (χ0n) is 14.9. The number of amides is 3. The Hall–Kier alpha value is -3.62. The summed E-state index contributed by atoms with van der Waals surface area (Å²) >= 11 is 0. The maximum Gasteiger partial charge on any atom is 0.263 e. The van der Waals surface area contributed by atoms with Crippen LogP contribution in [0.25, 0.3) is 0 Å². The van der Waals surface area contributed by atoms with Crippen molar-refractivity contribution in [2.75, 3.05) is 16.8 Å². The van der Waals surface area contributed by atoms with Gasteiger partial charge in [-0.2, -0.15) is 5.11 Å². The number of nitrogens with zero attached hydrogens (tertiary/aromatic N) is 4. The van der Waals surface area contributed by atoms with E-state index in [2.05, 4.69) is 15.7 Å². The topological polar surface area (TPSA) is 94.4 Å². The molecule has 142 valence electrons. The molecule has 0 saturated carbocycles. The molecule has 8 nitrogen and oxygen atoms in total. The molecule has 2 aromatic carbocycles. The molecule has 9 heteroatoms. The van der Waals surface area contributed by atoms with E-state index in [4.69, 9.17) is 0 Å². The van der Waals surface area contributed by atoms with Crippen LogP contribution in [0.1, 0.15) is 5.56 Å². The maximum absolute atomic E-state index is 13.1. The highest BCUT2D eigenvalue weighted by atomic mass is 19.1. The number of aryl methyl sites for hydroxylation is 1. The van der Waals surface area contributed by atoms with Gasteiger partial charge in [0.05, 0.1) is 5.69 Å². The molecule has 4 rings (SSSR count). The Balaban J connectivity index is 1.49. The summed E-state index contributed by atoms with van der Waals surface area (Å²) < 4.78 is 13.1. The third kappa shape index (κ3) is 3.00. The number of carbonyl (C=O) groups excluding carboxylic acids is 3. The van der Waals surface area contributed by atoms with E-state index >= 15 is 0 Å². The molecular formula is C19H16FN5O3. The van der Waals surface area contributed by atoms with Gasteiger partial charge in [-0.3, -0.25) is 19.4 Å². The average molecular weight is 381 g/mol. The summed E-state index contributed by atoms with van der Waals surface area (Å²) in [5.74, 6) is -1.95. The van der Waals surface area contributed by atoms with Gasteiger partial charge in [0.25, 0.3) is 11.8 Å². The maximum atomic E-state index is 13.1. The number of carbonyl (C=O) groups is 3. The van der Waals surface area contributed by atoms with Crippen molar-refractivity contribution in [3.63, 3.8) is 0 Å². The van der Waals surface area contributed by atoms with E-state index in [0.29, 0.717) is 5.69 Å². The number of nitrogens with one attached hydrogen (secondary N) is 1. The predicted molar refractivity (Wildman–Crippen MR) is 97.8 cm³/mol. The van der Waals surface area contributed by atoms with Gasteiger partial charge in [-0.25, -0.2) is 9.29 Å². The van der Waals surface area contributed by atoms with Crippen molar-refractivity contribution in [3.8, 4) is 0 Å². The number of para-hydroxylation sites is 1. The minimum Gasteiger partial charge on any atom is -0.324 e. The molecule has 2 atom stereocenters. The largest absolute Gasteiger partial charge is 0.324 e. The van der Waals surface area contributed by atoms with Crippen molar-refractivity contribution in [2.45, 2.75) is 19.0 Å². The van der Waals surface area contributed by atoms with Crippen LogP contribution in [0.3, 0.4) is 0 Å². The predicted octanol–water partition coefficient (Wildman–Crippen LogP) is 2.07. The first-order chi connectivity index (χ1) is 13.5. The number of anilines is 2. The van der Waals surface area contributed by atoms with Crippen molar-refractivity contribution in [2.24, 2.45) is 10.3 Å². The zero-order valence-corrected chi connectivity index (χ0v) is 14.9. The molecule has 1 fully saturated rings. The van der Waals surface area contributed by atoms with Gasteiger partial charge in [-0.05, 0) is 42.8 Å².